The lowest BCUT2D eigenvalue weighted by Crippen LogP contribution is -2.41. The number of carboxylic acids is 1. The SMILES string of the molecule is N=c1ccc2c(-c3cccc(C(=O)N4CCC(C(=O)Oc5c(Cl)cc(S(=O)(=O)O)cc5Cl)CC4)c3C(=O)O)c3ccc(N)c(S(=O)(=O)O)c3oc-2c1S(=O)(=O)O. The first kappa shape index (κ1) is 40.5. The van der Waals surface area contributed by atoms with Crippen molar-refractivity contribution in [2.75, 3.05) is 18.8 Å². The van der Waals surface area contributed by atoms with Crippen LogP contribution in [0.25, 0.3) is 33.4 Å². The maximum atomic E-state index is 14.0. The van der Waals surface area contributed by atoms with E-state index in [-0.39, 0.29) is 69.4 Å². The monoisotopic (exact) mass is 869 g/mol. The number of nitrogens with zero attached hydrogens (tertiary/aromatic N) is 1. The highest BCUT2D eigenvalue weighted by molar-refractivity contribution is 7.86. The van der Waals surface area contributed by atoms with Crippen molar-refractivity contribution in [3.63, 3.8) is 0 Å². The van der Waals surface area contributed by atoms with Crippen LogP contribution in [-0.2, 0) is 35.1 Å². The number of anilines is 1. The van der Waals surface area contributed by atoms with Gasteiger partial charge in [0.05, 0.1) is 43.0 Å². The molecule has 3 aliphatic rings. The molecule has 0 atom stereocenters. The van der Waals surface area contributed by atoms with E-state index in [2.05, 4.69) is 0 Å². The summed E-state index contributed by atoms with van der Waals surface area (Å²) >= 11 is 12.1. The Morgan fingerprint density at radius 3 is 2.00 bits per heavy atom. The second-order valence-electron chi connectivity index (χ2n) is 12.3. The molecule has 294 valence electrons. The number of esters is 1. The van der Waals surface area contributed by atoms with Crippen LogP contribution in [0.3, 0.4) is 0 Å². The van der Waals surface area contributed by atoms with Crippen molar-refractivity contribution in [1.82, 2.24) is 4.90 Å². The van der Waals surface area contributed by atoms with Gasteiger partial charge in [0.25, 0.3) is 36.3 Å². The van der Waals surface area contributed by atoms with Crippen LogP contribution in [0.15, 0.2) is 73.7 Å². The number of ether oxygens (including phenoxy) is 1. The number of carbonyl (C=O) groups is 3. The summed E-state index contributed by atoms with van der Waals surface area (Å²) in [5.41, 5.74) is 2.78. The van der Waals surface area contributed by atoms with Crippen LogP contribution in [0, 0.1) is 11.3 Å². The number of amides is 1. The maximum Gasteiger partial charge on any atom is 0.337 e. The summed E-state index contributed by atoms with van der Waals surface area (Å²) in [5, 5.41) is 17.0. The lowest BCUT2D eigenvalue weighted by Gasteiger charge is -2.31. The summed E-state index contributed by atoms with van der Waals surface area (Å²) in [7, 11) is -15.2. The Kier molecular flexibility index (Phi) is 10.4. The van der Waals surface area contributed by atoms with E-state index in [0.29, 0.717) is 0 Å². The van der Waals surface area contributed by atoms with Crippen molar-refractivity contribution in [2.24, 2.45) is 5.92 Å². The van der Waals surface area contributed by atoms with Gasteiger partial charge in [0.2, 0.25) is 0 Å². The van der Waals surface area contributed by atoms with Crippen LogP contribution >= 0.6 is 23.2 Å². The number of halogens is 2. The molecule has 3 aromatic rings. The van der Waals surface area contributed by atoms with Gasteiger partial charge in [0.1, 0.15) is 0 Å². The number of nitrogen functional groups attached to an aromatic ring is 1. The number of rotatable bonds is 8. The Balaban J connectivity index is 1.41. The summed E-state index contributed by atoms with van der Waals surface area (Å²) < 4.78 is 113. The highest BCUT2D eigenvalue weighted by atomic mass is 35.5. The molecule has 6 rings (SSSR count). The van der Waals surface area contributed by atoms with Gasteiger partial charge in [-0.25, -0.2) is 4.79 Å². The third-order valence-corrected chi connectivity index (χ3v) is 12.1. The van der Waals surface area contributed by atoms with E-state index in [1.54, 1.807) is 0 Å². The Bertz CT molecular complexity index is 2880. The summed E-state index contributed by atoms with van der Waals surface area (Å²) in [5.74, 6) is -5.28. The van der Waals surface area contributed by atoms with E-state index in [0.717, 1.165) is 30.3 Å². The van der Waals surface area contributed by atoms with Crippen LogP contribution in [0.1, 0.15) is 33.6 Å². The molecule has 0 bridgehead atoms. The average Bonchev–Trinajstić information content (AvgIpc) is 3.09. The topological polar surface area (TPSA) is 310 Å². The molecule has 1 aliphatic carbocycles. The van der Waals surface area contributed by atoms with Crippen LogP contribution in [0.2, 0.25) is 10.0 Å². The van der Waals surface area contributed by atoms with Crippen molar-refractivity contribution < 1.29 is 67.6 Å². The molecule has 3 aromatic carbocycles. The molecule has 0 unspecified atom stereocenters. The van der Waals surface area contributed by atoms with E-state index in [9.17, 15) is 58.4 Å². The van der Waals surface area contributed by atoms with Crippen LogP contribution in [-0.4, -0.2) is 79.9 Å². The number of hydrogen-bond donors (Lipinski definition) is 6. The zero-order chi connectivity index (χ0) is 41.2. The van der Waals surface area contributed by atoms with E-state index in [1.807, 2.05) is 0 Å². The summed E-state index contributed by atoms with van der Waals surface area (Å²) in [6.45, 7) is -0.190. The maximum absolute atomic E-state index is 14.0. The predicted octanol–water partition coefficient (Wildman–Crippen LogP) is 4.47. The van der Waals surface area contributed by atoms with Gasteiger partial charge in [-0.05, 0) is 60.9 Å². The van der Waals surface area contributed by atoms with E-state index < -0.39 is 96.8 Å². The number of nitrogens with one attached hydrogen (secondary N) is 1. The van der Waals surface area contributed by atoms with Crippen molar-refractivity contribution in [3.8, 4) is 28.2 Å². The number of aromatic carboxylic acids is 1. The van der Waals surface area contributed by atoms with Gasteiger partial charge in [0, 0.05) is 29.6 Å². The number of likely N-dealkylation sites (tertiary alicyclic amines) is 1. The summed E-state index contributed by atoms with van der Waals surface area (Å²) in [6.07, 6.45) is 0.0162. The van der Waals surface area contributed by atoms with Crippen molar-refractivity contribution in [2.45, 2.75) is 27.5 Å². The molecule has 2 aliphatic heterocycles. The van der Waals surface area contributed by atoms with Gasteiger partial charge in [-0.2, -0.15) is 25.3 Å². The molecule has 2 heterocycles. The standard InChI is InChI=1S/C33H25Cl2N3O15S3/c34-20-12-15(54(43,44)45)13-21(35)28(20)53-33(42)14-8-10-38(11-9-14)31(39)19-3-1-2-16(25(19)32(40)41)24-17-4-6-22(36)29(55(46,47)48)26(17)52-27-18(24)5-7-23(37)30(27)56(49,50)51/h1-7,12-14,36H,8-11,37H2,(H,40,41)(H,43,44,45)(H,46,47,48)(H,49,50,51). The molecular weight excluding hydrogens is 845 g/mol. The van der Waals surface area contributed by atoms with Crippen LogP contribution < -0.4 is 15.8 Å². The zero-order valence-electron chi connectivity index (χ0n) is 27.9. The predicted molar refractivity (Wildman–Crippen MR) is 196 cm³/mol. The number of piperidine rings is 1. The first-order chi connectivity index (χ1) is 26.0. The first-order valence-corrected chi connectivity index (χ1v) is 20.7. The minimum Gasteiger partial charge on any atom is -0.478 e. The van der Waals surface area contributed by atoms with E-state index >= 15 is 0 Å². The molecule has 0 radical (unpaired) electrons. The van der Waals surface area contributed by atoms with Crippen molar-refractivity contribution >= 4 is 88.1 Å². The minimum absolute atomic E-state index is 0.00811. The van der Waals surface area contributed by atoms with E-state index in [1.165, 1.54) is 29.2 Å². The molecule has 1 saturated heterocycles. The van der Waals surface area contributed by atoms with Gasteiger partial charge in [0.15, 0.2) is 26.9 Å². The third kappa shape index (κ3) is 7.42. The van der Waals surface area contributed by atoms with Gasteiger partial charge < -0.3 is 24.9 Å². The van der Waals surface area contributed by atoms with Gasteiger partial charge in [-0.3, -0.25) is 28.7 Å². The Morgan fingerprint density at radius 2 is 1.45 bits per heavy atom. The number of nitrogens with two attached hydrogens (primary N) is 1. The Hall–Kier alpha value is -5.13. The summed E-state index contributed by atoms with van der Waals surface area (Å²) in [4.78, 5) is 38.6. The normalized spacial score (nSPS) is 14.3. The van der Waals surface area contributed by atoms with E-state index in [4.69, 9.17) is 43.5 Å². The minimum atomic E-state index is -5.27. The van der Waals surface area contributed by atoms with Crippen LogP contribution in [0.5, 0.6) is 5.75 Å². The lowest BCUT2D eigenvalue weighted by molar-refractivity contribution is -0.140. The molecular formula is C33H25Cl2N3O15S3. The number of carboxylic acid groups (broad SMARTS) is 1. The number of fused-ring (bicyclic) bond motifs is 2. The van der Waals surface area contributed by atoms with Crippen molar-refractivity contribution in [3.05, 3.63) is 81.1 Å². The van der Waals surface area contributed by atoms with Gasteiger partial charge in [-0.15, -0.1) is 0 Å². The smallest absolute Gasteiger partial charge is 0.337 e. The molecule has 1 fully saturated rings. The molecule has 1 amide bonds. The van der Waals surface area contributed by atoms with Gasteiger partial charge >= 0.3 is 11.9 Å². The number of carbonyl (C=O) groups excluding carboxylic acids is 2. The fourth-order valence-corrected chi connectivity index (χ4v) is 9.13. The van der Waals surface area contributed by atoms with Gasteiger partial charge in [-0.1, -0.05) is 35.3 Å². The molecule has 0 saturated carbocycles. The molecule has 18 nitrogen and oxygen atoms in total. The second-order valence-corrected chi connectivity index (χ2v) is 17.3. The Labute approximate surface area is 326 Å². The molecule has 0 spiro atoms. The fourth-order valence-electron chi connectivity index (χ4n) is 6.42. The fraction of sp³-hybridized carbons (Fsp3) is 0.152. The zero-order valence-corrected chi connectivity index (χ0v) is 31.8. The highest BCUT2D eigenvalue weighted by Gasteiger charge is 2.35. The van der Waals surface area contributed by atoms with Crippen LogP contribution in [0.4, 0.5) is 5.69 Å². The lowest BCUT2D eigenvalue weighted by atomic mass is 9.88. The van der Waals surface area contributed by atoms with Crippen molar-refractivity contribution in [1.29, 1.82) is 5.41 Å². The third-order valence-electron chi connectivity index (χ3n) is 8.88. The molecule has 56 heavy (non-hydrogen) atoms. The first-order valence-electron chi connectivity index (χ1n) is 15.7. The quantitative estimate of drug-likeness (QED) is 0.0412. The average molecular weight is 871 g/mol. The number of benzene rings is 4. The number of hydrogen-bond acceptors (Lipinski definition) is 13. The summed E-state index contributed by atoms with van der Waals surface area (Å²) in [6, 6.07) is 9.76. The highest BCUT2D eigenvalue weighted by Crippen LogP contribution is 2.46. The Morgan fingerprint density at radius 1 is 0.839 bits per heavy atom. The molecule has 0 aromatic heterocycles. The molecule has 23 heteroatoms. The molecule has 7 N–H and O–H groups in total. The second kappa shape index (κ2) is 14.4. The largest absolute Gasteiger partial charge is 0.478 e.